The van der Waals surface area contributed by atoms with Crippen LogP contribution in [0.4, 0.5) is 5.69 Å². The molecule has 1 atom stereocenters. The first-order valence-electron chi connectivity index (χ1n) is 10.9. The average molecular weight is 522 g/mol. The fourth-order valence-corrected chi connectivity index (χ4v) is 4.10. The number of furan rings is 1. The summed E-state index contributed by atoms with van der Waals surface area (Å²) in [5, 5.41) is 3.48. The number of fused-ring (bicyclic) bond motifs is 1. The van der Waals surface area contributed by atoms with E-state index in [1.165, 1.54) is 5.56 Å². The number of rotatable bonds is 8. The van der Waals surface area contributed by atoms with Crippen molar-refractivity contribution in [3.05, 3.63) is 88.1 Å². The number of aryl methyl sites for hydroxylation is 1. The Balaban J connectivity index is 1.62. The number of para-hydroxylation sites is 1. The van der Waals surface area contributed by atoms with Crippen LogP contribution >= 0.6 is 15.9 Å². The van der Waals surface area contributed by atoms with Crippen molar-refractivity contribution in [3.63, 3.8) is 0 Å². The van der Waals surface area contributed by atoms with E-state index in [1.54, 1.807) is 50.4 Å². The molecule has 0 aliphatic rings. The Morgan fingerprint density at radius 1 is 1.06 bits per heavy atom. The van der Waals surface area contributed by atoms with E-state index in [0.29, 0.717) is 38.2 Å². The number of hydrogen-bond donors (Lipinski definition) is 1. The first-order chi connectivity index (χ1) is 16.4. The third-order valence-electron chi connectivity index (χ3n) is 5.48. The molecule has 4 aromatic rings. The molecule has 1 amide bonds. The fourth-order valence-electron chi connectivity index (χ4n) is 3.55. The van der Waals surface area contributed by atoms with Crippen molar-refractivity contribution in [1.82, 2.24) is 0 Å². The van der Waals surface area contributed by atoms with E-state index in [0.717, 1.165) is 6.42 Å². The number of carbonyl (C=O) groups is 2. The van der Waals surface area contributed by atoms with E-state index < -0.39 is 12.0 Å². The zero-order chi connectivity index (χ0) is 24.2. The summed E-state index contributed by atoms with van der Waals surface area (Å²) in [5.74, 6) is 0.490. The highest BCUT2D eigenvalue weighted by molar-refractivity contribution is 9.10. The lowest BCUT2D eigenvalue weighted by molar-refractivity contribution is -0.122. The van der Waals surface area contributed by atoms with Crippen molar-refractivity contribution in [3.8, 4) is 11.5 Å². The molecule has 1 heterocycles. The minimum atomic E-state index is -0.792. The van der Waals surface area contributed by atoms with Crippen molar-refractivity contribution >= 4 is 44.3 Å². The summed E-state index contributed by atoms with van der Waals surface area (Å²) in [5.41, 5.74) is 2.39. The summed E-state index contributed by atoms with van der Waals surface area (Å²) in [7, 11) is 1.55. The van der Waals surface area contributed by atoms with Gasteiger partial charge in [-0.3, -0.25) is 9.59 Å². The maximum atomic E-state index is 13.4. The summed E-state index contributed by atoms with van der Waals surface area (Å²) in [4.78, 5) is 26.4. The molecule has 0 radical (unpaired) electrons. The standard InChI is InChI=1S/C27H24BrNO5/c1-4-17-9-12-19(13-10-17)33-16(2)27(31)29-24-20-7-5-6-8-22(20)34-26(24)25(30)18-11-14-23(32-3)21(28)15-18/h5-16H,4H2,1-3H3,(H,29,31). The van der Waals surface area contributed by atoms with E-state index in [1.807, 2.05) is 30.3 Å². The molecule has 0 fully saturated rings. The van der Waals surface area contributed by atoms with Crippen LogP contribution in [-0.2, 0) is 11.2 Å². The van der Waals surface area contributed by atoms with Gasteiger partial charge in [0.25, 0.3) is 5.91 Å². The molecular formula is C27H24BrNO5. The number of hydrogen-bond acceptors (Lipinski definition) is 5. The monoisotopic (exact) mass is 521 g/mol. The summed E-state index contributed by atoms with van der Waals surface area (Å²) >= 11 is 3.41. The molecule has 34 heavy (non-hydrogen) atoms. The lowest BCUT2D eigenvalue weighted by Crippen LogP contribution is -2.30. The first-order valence-corrected chi connectivity index (χ1v) is 11.7. The number of nitrogens with one attached hydrogen (secondary N) is 1. The Labute approximate surface area is 206 Å². The van der Waals surface area contributed by atoms with Gasteiger partial charge in [-0.1, -0.05) is 31.2 Å². The summed E-state index contributed by atoms with van der Waals surface area (Å²) < 4.78 is 17.6. The van der Waals surface area contributed by atoms with E-state index in [9.17, 15) is 9.59 Å². The summed E-state index contributed by atoms with van der Waals surface area (Å²) in [6.07, 6.45) is 0.130. The number of ketones is 1. The van der Waals surface area contributed by atoms with Gasteiger partial charge in [-0.05, 0) is 77.3 Å². The normalized spacial score (nSPS) is 11.8. The van der Waals surface area contributed by atoms with Gasteiger partial charge in [0.2, 0.25) is 5.78 Å². The quantitative estimate of drug-likeness (QED) is 0.271. The zero-order valence-electron chi connectivity index (χ0n) is 19.1. The van der Waals surface area contributed by atoms with Crippen molar-refractivity contribution in [1.29, 1.82) is 0 Å². The number of halogens is 1. The molecule has 4 rings (SSSR count). The highest BCUT2D eigenvalue weighted by Gasteiger charge is 2.26. The fraction of sp³-hybridized carbons (Fsp3) is 0.185. The average Bonchev–Trinajstić information content (AvgIpc) is 3.22. The SMILES string of the molecule is CCc1ccc(OC(C)C(=O)Nc2c(C(=O)c3ccc(OC)c(Br)c3)oc3ccccc23)cc1. The number of carbonyl (C=O) groups excluding carboxylic acids is 2. The predicted octanol–water partition coefficient (Wildman–Crippen LogP) is 6.40. The number of amides is 1. The molecular weight excluding hydrogens is 498 g/mol. The van der Waals surface area contributed by atoms with Crippen LogP contribution in [0.25, 0.3) is 11.0 Å². The number of ether oxygens (including phenoxy) is 2. The van der Waals surface area contributed by atoms with E-state index >= 15 is 0 Å². The number of methoxy groups -OCH3 is 1. The van der Waals surface area contributed by atoms with Gasteiger partial charge in [-0.2, -0.15) is 0 Å². The largest absolute Gasteiger partial charge is 0.496 e. The molecule has 7 heteroatoms. The Kier molecular flexibility index (Phi) is 7.03. The molecule has 1 unspecified atom stereocenters. The third-order valence-corrected chi connectivity index (χ3v) is 6.10. The van der Waals surface area contributed by atoms with Crippen LogP contribution < -0.4 is 14.8 Å². The maximum Gasteiger partial charge on any atom is 0.265 e. The number of anilines is 1. The molecule has 0 aliphatic carbocycles. The Morgan fingerprint density at radius 2 is 1.79 bits per heavy atom. The Morgan fingerprint density at radius 3 is 2.47 bits per heavy atom. The van der Waals surface area contributed by atoms with Crippen LogP contribution in [0.5, 0.6) is 11.5 Å². The topological polar surface area (TPSA) is 77.8 Å². The van der Waals surface area contributed by atoms with Crippen molar-refractivity contribution in [2.75, 3.05) is 12.4 Å². The molecule has 0 saturated heterocycles. The summed E-state index contributed by atoms with van der Waals surface area (Å²) in [6, 6.07) is 19.8. The Hall–Kier alpha value is -3.58. The minimum absolute atomic E-state index is 0.0473. The lowest BCUT2D eigenvalue weighted by atomic mass is 10.1. The molecule has 6 nitrogen and oxygen atoms in total. The molecule has 1 N–H and O–H groups in total. The number of benzene rings is 3. The van der Waals surface area contributed by atoms with Crippen molar-refractivity contribution < 1.29 is 23.5 Å². The third kappa shape index (κ3) is 4.84. The van der Waals surface area contributed by atoms with Gasteiger partial charge >= 0.3 is 0 Å². The van der Waals surface area contributed by atoms with Gasteiger partial charge in [-0.15, -0.1) is 0 Å². The molecule has 0 spiro atoms. The maximum absolute atomic E-state index is 13.4. The van der Waals surface area contributed by atoms with E-state index in [-0.39, 0.29) is 11.5 Å². The van der Waals surface area contributed by atoms with Crippen LogP contribution in [0.15, 0.2) is 75.6 Å². The van der Waals surface area contributed by atoms with E-state index in [4.69, 9.17) is 13.9 Å². The van der Waals surface area contributed by atoms with E-state index in [2.05, 4.69) is 28.2 Å². The molecule has 174 valence electrons. The van der Waals surface area contributed by atoms with Crippen molar-refractivity contribution in [2.45, 2.75) is 26.4 Å². The second-order valence-corrected chi connectivity index (χ2v) is 8.58. The van der Waals surface area contributed by atoms with Crippen LogP contribution in [-0.4, -0.2) is 24.9 Å². The van der Waals surface area contributed by atoms with Crippen LogP contribution in [0.2, 0.25) is 0 Å². The van der Waals surface area contributed by atoms with Gasteiger partial charge in [0.15, 0.2) is 11.9 Å². The second kappa shape index (κ2) is 10.1. The highest BCUT2D eigenvalue weighted by atomic mass is 79.9. The van der Waals surface area contributed by atoms with Gasteiger partial charge in [0, 0.05) is 10.9 Å². The molecule has 0 saturated carbocycles. The lowest BCUT2D eigenvalue weighted by Gasteiger charge is -2.15. The Bertz CT molecular complexity index is 1340. The van der Waals surface area contributed by atoms with Crippen LogP contribution in [0.3, 0.4) is 0 Å². The predicted molar refractivity (Wildman–Crippen MR) is 135 cm³/mol. The second-order valence-electron chi connectivity index (χ2n) is 7.73. The molecule has 0 bridgehead atoms. The van der Waals surface area contributed by atoms with Gasteiger partial charge in [-0.25, -0.2) is 0 Å². The van der Waals surface area contributed by atoms with Gasteiger partial charge in [0.1, 0.15) is 17.1 Å². The molecule has 1 aromatic heterocycles. The molecule has 0 aliphatic heterocycles. The molecule has 3 aromatic carbocycles. The zero-order valence-corrected chi connectivity index (χ0v) is 20.6. The van der Waals surface area contributed by atoms with Crippen LogP contribution in [0, 0.1) is 0 Å². The highest BCUT2D eigenvalue weighted by Crippen LogP contribution is 2.34. The van der Waals surface area contributed by atoms with Gasteiger partial charge in [0.05, 0.1) is 17.3 Å². The first kappa shape index (κ1) is 23.6. The minimum Gasteiger partial charge on any atom is -0.496 e. The van der Waals surface area contributed by atoms with Crippen molar-refractivity contribution in [2.24, 2.45) is 0 Å². The van der Waals surface area contributed by atoms with Gasteiger partial charge < -0.3 is 19.2 Å². The van der Waals surface area contributed by atoms with Crippen LogP contribution in [0.1, 0.15) is 35.5 Å². The summed E-state index contributed by atoms with van der Waals surface area (Å²) in [6.45, 7) is 3.73. The smallest absolute Gasteiger partial charge is 0.265 e.